The molecule has 0 saturated carbocycles. The van der Waals surface area contributed by atoms with Crippen LogP contribution in [0.5, 0.6) is 11.5 Å². The SMILES string of the molecule is COc1ccc(NC(=O)N(C)Cc2nc(-c3ccccc3C)oc2C)cc1OC. The highest BCUT2D eigenvalue weighted by molar-refractivity contribution is 5.89. The second-order valence-corrected chi connectivity index (χ2v) is 6.69. The van der Waals surface area contributed by atoms with Crippen molar-refractivity contribution in [3.8, 4) is 23.0 Å². The summed E-state index contributed by atoms with van der Waals surface area (Å²) in [5, 5.41) is 2.85. The minimum Gasteiger partial charge on any atom is -0.493 e. The number of aryl methyl sites for hydroxylation is 2. The molecule has 0 saturated heterocycles. The molecule has 0 spiro atoms. The molecule has 0 aliphatic heterocycles. The third-order valence-electron chi connectivity index (χ3n) is 4.64. The fourth-order valence-corrected chi connectivity index (χ4v) is 2.93. The van der Waals surface area contributed by atoms with Crippen molar-refractivity contribution in [1.82, 2.24) is 9.88 Å². The Hall–Kier alpha value is -3.48. The van der Waals surface area contributed by atoms with Gasteiger partial charge in [-0.15, -0.1) is 0 Å². The number of ether oxygens (including phenoxy) is 2. The fourth-order valence-electron chi connectivity index (χ4n) is 2.93. The molecule has 0 atom stereocenters. The zero-order chi connectivity index (χ0) is 21.0. The molecule has 1 heterocycles. The van der Waals surface area contributed by atoms with Crippen LogP contribution in [0.1, 0.15) is 17.0 Å². The van der Waals surface area contributed by atoms with Crippen molar-refractivity contribution in [2.45, 2.75) is 20.4 Å². The Kier molecular flexibility index (Phi) is 6.07. The quantitative estimate of drug-likeness (QED) is 0.658. The second-order valence-electron chi connectivity index (χ2n) is 6.69. The number of aromatic nitrogens is 1. The van der Waals surface area contributed by atoms with Gasteiger partial charge in [0.25, 0.3) is 0 Å². The molecule has 0 radical (unpaired) electrons. The summed E-state index contributed by atoms with van der Waals surface area (Å²) in [4.78, 5) is 18.7. The van der Waals surface area contributed by atoms with Crippen molar-refractivity contribution in [3.05, 3.63) is 59.5 Å². The Morgan fingerprint density at radius 2 is 1.83 bits per heavy atom. The number of hydrogen-bond acceptors (Lipinski definition) is 5. The molecule has 0 fully saturated rings. The van der Waals surface area contributed by atoms with E-state index in [1.807, 2.05) is 38.1 Å². The lowest BCUT2D eigenvalue weighted by Crippen LogP contribution is -2.31. The van der Waals surface area contributed by atoms with E-state index in [4.69, 9.17) is 13.9 Å². The lowest BCUT2D eigenvalue weighted by Gasteiger charge is -2.17. The molecule has 1 N–H and O–H groups in total. The minimum absolute atomic E-state index is 0.267. The van der Waals surface area contributed by atoms with Gasteiger partial charge in [-0.25, -0.2) is 9.78 Å². The smallest absolute Gasteiger partial charge is 0.321 e. The molecule has 1 aromatic heterocycles. The average molecular weight is 395 g/mol. The van der Waals surface area contributed by atoms with Crippen molar-refractivity contribution in [3.63, 3.8) is 0 Å². The monoisotopic (exact) mass is 395 g/mol. The van der Waals surface area contributed by atoms with Crippen LogP contribution in [0.15, 0.2) is 46.9 Å². The molecule has 0 unspecified atom stereocenters. The van der Waals surface area contributed by atoms with Crippen molar-refractivity contribution >= 4 is 11.7 Å². The topological polar surface area (TPSA) is 76.8 Å². The molecule has 2 aromatic carbocycles. The van der Waals surface area contributed by atoms with Crippen LogP contribution in [0.25, 0.3) is 11.5 Å². The van der Waals surface area contributed by atoms with Crippen molar-refractivity contribution in [1.29, 1.82) is 0 Å². The number of methoxy groups -OCH3 is 2. The summed E-state index contributed by atoms with van der Waals surface area (Å²) in [6.45, 7) is 4.18. The molecule has 152 valence electrons. The van der Waals surface area contributed by atoms with Crippen molar-refractivity contribution < 1.29 is 18.7 Å². The molecule has 0 aliphatic rings. The summed E-state index contributed by atoms with van der Waals surface area (Å²) in [5.74, 6) is 2.39. The van der Waals surface area contributed by atoms with Crippen LogP contribution in [0.4, 0.5) is 10.5 Å². The minimum atomic E-state index is -0.267. The third kappa shape index (κ3) is 4.51. The zero-order valence-electron chi connectivity index (χ0n) is 17.3. The van der Waals surface area contributed by atoms with Crippen LogP contribution in [0.3, 0.4) is 0 Å². The number of oxazole rings is 1. The van der Waals surface area contributed by atoms with Gasteiger partial charge in [-0.3, -0.25) is 0 Å². The van der Waals surface area contributed by atoms with Crippen LogP contribution in [-0.2, 0) is 6.54 Å². The first-order valence-electron chi connectivity index (χ1n) is 9.19. The molecular formula is C22H25N3O4. The number of urea groups is 1. The predicted octanol–water partition coefficient (Wildman–Crippen LogP) is 4.64. The van der Waals surface area contributed by atoms with E-state index in [0.29, 0.717) is 41.1 Å². The van der Waals surface area contributed by atoms with Crippen LogP contribution in [-0.4, -0.2) is 37.2 Å². The molecule has 29 heavy (non-hydrogen) atoms. The van der Waals surface area contributed by atoms with E-state index in [2.05, 4.69) is 10.3 Å². The Bertz CT molecular complexity index is 1010. The van der Waals surface area contributed by atoms with Gasteiger partial charge in [-0.2, -0.15) is 0 Å². The van der Waals surface area contributed by atoms with Gasteiger partial charge in [-0.05, 0) is 37.6 Å². The second kappa shape index (κ2) is 8.68. The highest BCUT2D eigenvalue weighted by Crippen LogP contribution is 2.30. The number of benzene rings is 2. The first-order chi connectivity index (χ1) is 13.9. The summed E-state index contributed by atoms with van der Waals surface area (Å²) in [7, 11) is 4.82. The Balaban J connectivity index is 1.71. The number of amides is 2. The van der Waals surface area contributed by atoms with Gasteiger partial charge < -0.3 is 24.1 Å². The van der Waals surface area contributed by atoms with E-state index >= 15 is 0 Å². The lowest BCUT2D eigenvalue weighted by atomic mass is 10.1. The van der Waals surface area contributed by atoms with Gasteiger partial charge in [0, 0.05) is 24.4 Å². The maximum atomic E-state index is 12.6. The predicted molar refractivity (Wildman–Crippen MR) is 111 cm³/mol. The van der Waals surface area contributed by atoms with E-state index in [1.54, 1.807) is 44.4 Å². The van der Waals surface area contributed by atoms with Gasteiger partial charge in [0.1, 0.15) is 11.5 Å². The molecular weight excluding hydrogens is 370 g/mol. The number of rotatable bonds is 6. The lowest BCUT2D eigenvalue weighted by molar-refractivity contribution is 0.220. The summed E-state index contributed by atoms with van der Waals surface area (Å²) < 4.78 is 16.3. The highest BCUT2D eigenvalue weighted by Gasteiger charge is 2.17. The normalized spacial score (nSPS) is 10.5. The van der Waals surface area contributed by atoms with Gasteiger partial charge >= 0.3 is 6.03 Å². The summed E-state index contributed by atoms with van der Waals surface area (Å²) >= 11 is 0. The van der Waals surface area contributed by atoms with Gasteiger partial charge in [0.15, 0.2) is 11.5 Å². The van der Waals surface area contributed by atoms with Gasteiger partial charge in [0.05, 0.1) is 20.8 Å². The first kappa shape index (κ1) is 20.3. The Morgan fingerprint density at radius 1 is 1.10 bits per heavy atom. The average Bonchev–Trinajstić information content (AvgIpc) is 3.08. The molecule has 2 amide bonds. The van der Waals surface area contributed by atoms with Gasteiger partial charge in [-0.1, -0.05) is 18.2 Å². The fraction of sp³-hybridized carbons (Fsp3) is 0.273. The van der Waals surface area contributed by atoms with E-state index in [9.17, 15) is 4.79 Å². The molecule has 7 heteroatoms. The number of carbonyl (C=O) groups excluding carboxylic acids is 1. The Morgan fingerprint density at radius 3 is 2.52 bits per heavy atom. The van der Waals surface area contributed by atoms with E-state index in [1.165, 1.54) is 0 Å². The summed E-state index contributed by atoms with van der Waals surface area (Å²) in [6.07, 6.45) is 0. The van der Waals surface area contributed by atoms with E-state index in [-0.39, 0.29) is 6.03 Å². The number of hydrogen-bond donors (Lipinski definition) is 1. The maximum Gasteiger partial charge on any atom is 0.321 e. The van der Waals surface area contributed by atoms with E-state index in [0.717, 1.165) is 11.1 Å². The number of nitrogens with zero attached hydrogens (tertiary/aromatic N) is 2. The molecule has 3 aromatic rings. The van der Waals surface area contributed by atoms with Crippen LogP contribution in [0, 0.1) is 13.8 Å². The van der Waals surface area contributed by atoms with Crippen molar-refractivity contribution in [2.75, 3.05) is 26.6 Å². The number of nitrogens with one attached hydrogen (secondary N) is 1. The highest BCUT2D eigenvalue weighted by atomic mass is 16.5. The molecule has 0 bridgehead atoms. The van der Waals surface area contributed by atoms with Crippen molar-refractivity contribution in [2.24, 2.45) is 0 Å². The molecule has 0 aliphatic carbocycles. The number of carbonyl (C=O) groups is 1. The maximum absolute atomic E-state index is 12.6. The molecule has 3 rings (SSSR count). The summed E-state index contributed by atoms with van der Waals surface area (Å²) in [6, 6.07) is 12.8. The largest absolute Gasteiger partial charge is 0.493 e. The molecule has 7 nitrogen and oxygen atoms in total. The standard InChI is InChI=1S/C22H25N3O4/c1-14-8-6-7-9-17(14)21-24-18(15(2)29-21)13-25(3)22(26)23-16-10-11-19(27-4)20(12-16)28-5/h6-12H,13H2,1-5H3,(H,23,26). The van der Waals surface area contributed by atoms with Crippen LogP contribution in [0.2, 0.25) is 0 Å². The third-order valence-corrected chi connectivity index (χ3v) is 4.64. The first-order valence-corrected chi connectivity index (χ1v) is 9.19. The van der Waals surface area contributed by atoms with E-state index < -0.39 is 0 Å². The summed E-state index contributed by atoms with van der Waals surface area (Å²) in [5.41, 5.74) is 3.35. The van der Waals surface area contributed by atoms with Gasteiger partial charge in [0.2, 0.25) is 5.89 Å². The number of anilines is 1. The Labute approximate surface area is 170 Å². The van der Waals surface area contributed by atoms with Crippen LogP contribution < -0.4 is 14.8 Å². The zero-order valence-corrected chi connectivity index (χ0v) is 17.3. The van der Waals surface area contributed by atoms with Crippen LogP contribution >= 0.6 is 0 Å².